The molecule has 3 rings (SSSR count). The van der Waals surface area contributed by atoms with Crippen molar-refractivity contribution in [3.8, 4) is 0 Å². The fraction of sp³-hybridized carbons (Fsp3) is 0.944. The van der Waals surface area contributed by atoms with E-state index in [2.05, 4.69) is 27.1 Å². The third-order valence-electron chi connectivity index (χ3n) is 6.10. The van der Waals surface area contributed by atoms with Crippen molar-refractivity contribution >= 4 is 5.91 Å². The van der Waals surface area contributed by atoms with E-state index in [4.69, 9.17) is 0 Å². The third kappa shape index (κ3) is 4.91. The second-order valence-electron chi connectivity index (χ2n) is 7.68. The Morgan fingerprint density at radius 1 is 0.957 bits per heavy atom. The van der Waals surface area contributed by atoms with Gasteiger partial charge in [-0.2, -0.15) is 0 Å². The molecular formula is C18H34N4O. The lowest BCUT2D eigenvalue weighted by atomic mass is 9.93. The van der Waals surface area contributed by atoms with Crippen molar-refractivity contribution in [1.82, 2.24) is 20.0 Å². The molecule has 0 unspecified atom stereocenters. The van der Waals surface area contributed by atoms with Gasteiger partial charge in [-0.15, -0.1) is 0 Å². The predicted octanol–water partition coefficient (Wildman–Crippen LogP) is 1.00. The predicted molar refractivity (Wildman–Crippen MR) is 93.5 cm³/mol. The van der Waals surface area contributed by atoms with Crippen LogP contribution in [0.25, 0.3) is 0 Å². The van der Waals surface area contributed by atoms with Crippen LogP contribution in [-0.2, 0) is 4.79 Å². The number of carbonyl (C=O) groups is 1. The van der Waals surface area contributed by atoms with Crippen molar-refractivity contribution in [2.45, 2.75) is 44.6 Å². The summed E-state index contributed by atoms with van der Waals surface area (Å²) < 4.78 is 0. The second kappa shape index (κ2) is 8.45. The highest BCUT2D eigenvalue weighted by Crippen LogP contribution is 2.20. The van der Waals surface area contributed by atoms with Gasteiger partial charge in [-0.3, -0.25) is 9.69 Å². The molecule has 0 aromatic heterocycles. The van der Waals surface area contributed by atoms with Crippen LogP contribution in [-0.4, -0.2) is 86.1 Å². The molecule has 3 aliphatic rings. The standard InChI is InChI=1S/C18H34N4O/c1-20-10-6-17(7-11-20)21-12-14-22(15-13-21)18(23)3-2-16-4-8-19-9-5-16/h16-17,19H,2-15H2,1H3. The van der Waals surface area contributed by atoms with Crippen LogP contribution < -0.4 is 5.32 Å². The summed E-state index contributed by atoms with van der Waals surface area (Å²) in [6.45, 7) is 8.75. The summed E-state index contributed by atoms with van der Waals surface area (Å²) in [5.74, 6) is 1.16. The largest absolute Gasteiger partial charge is 0.340 e. The summed E-state index contributed by atoms with van der Waals surface area (Å²) >= 11 is 0. The molecule has 1 amide bonds. The zero-order valence-corrected chi connectivity index (χ0v) is 14.8. The van der Waals surface area contributed by atoms with Crippen LogP contribution in [0.1, 0.15) is 38.5 Å². The summed E-state index contributed by atoms with van der Waals surface area (Å²) in [7, 11) is 2.22. The van der Waals surface area contributed by atoms with E-state index in [0.717, 1.165) is 64.1 Å². The van der Waals surface area contributed by atoms with E-state index in [0.29, 0.717) is 5.91 Å². The molecule has 3 aliphatic heterocycles. The summed E-state index contributed by atoms with van der Waals surface area (Å²) in [5, 5.41) is 3.40. The monoisotopic (exact) mass is 322 g/mol. The van der Waals surface area contributed by atoms with Crippen molar-refractivity contribution in [2.24, 2.45) is 5.92 Å². The fourth-order valence-corrected chi connectivity index (χ4v) is 4.35. The van der Waals surface area contributed by atoms with E-state index < -0.39 is 0 Å². The second-order valence-corrected chi connectivity index (χ2v) is 7.68. The van der Waals surface area contributed by atoms with Crippen molar-refractivity contribution in [3.63, 3.8) is 0 Å². The maximum absolute atomic E-state index is 12.5. The first kappa shape index (κ1) is 17.2. The number of piperidine rings is 2. The van der Waals surface area contributed by atoms with E-state index in [-0.39, 0.29) is 0 Å². The van der Waals surface area contributed by atoms with E-state index >= 15 is 0 Å². The van der Waals surface area contributed by atoms with Gasteiger partial charge in [0.1, 0.15) is 0 Å². The Morgan fingerprint density at radius 2 is 1.61 bits per heavy atom. The molecule has 23 heavy (non-hydrogen) atoms. The molecule has 0 spiro atoms. The van der Waals surface area contributed by atoms with Gasteiger partial charge < -0.3 is 15.1 Å². The molecule has 5 nitrogen and oxygen atoms in total. The zero-order valence-electron chi connectivity index (χ0n) is 14.8. The van der Waals surface area contributed by atoms with Gasteiger partial charge in [0.25, 0.3) is 0 Å². The molecule has 0 bridgehead atoms. The SMILES string of the molecule is CN1CCC(N2CCN(C(=O)CCC3CCNCC3)CC2)CC1. The van der Waals surface area contributed by atoms with Crippen molar-refractivity contribution < 1.29 is 4.79 Å². The fourth-order valence-electron chi connectivity index (χ4n) is 4.35. The lowest BCUT2D eigenvalue weighted by molar-refractivity contribution is -0.133. The van der Waals surface area contributed by atoms with Crippen molar-refractivity contribution in [1.29, 1.82) is 0 Å². The Kier molecular flexibility index (Phi) is 6.31. The van der Waals surface area contributed by atoms with Gasteiger partial charge in [-0.05, 0) is 71.2 Å². The summed E-state index contributed by atoms with van der Waals surface area (Å²) in [5.41, 5.74) is 0. The lowest BCUT2D eigenvalue weighted by Crippen LogP contribution is -2.54. The van der Waals surface area contributed by atoms with Crippen molar-refractivity contribution in [2.75, 3.05) is 59.4 Å². The Hall–Kier alpha value is -0.650. The van der Waals surface area contributed by atoms with Gasteiger partial charge in [0.15, 0.2) is 0 Å². The Bertz CT molecular complexity index is 367. The molecule has 5 heteroatoms. The molecular weight excluding hydrogens is 288 g/mol. The molecule has 1 N–H and O–H groups in total. The quantitative estimate of drug-likeness (QED) is 0.838. The van der Waals surface area contributed by atoms with Gasteiger partial charge >= 0.3 is 0 Å². The first-order valence-corrected chi connectivity index (χ1v) is 9.63. The minimum atomic E-state index is 0.395. The number of amides is 1. The van der Waals surface area contributed by atoms with Crippen LogP contribution in [0.2, 0.25) is 0 Å². The van der Waals surface area contributed by atoms with E-state index in [9.17, 15) is 4.79 Å². The number of carbonyl (C=O) groups excluding carboxylic acids is 1. The van der Waals surface area contributed by atoms with Crippen LogP contribution >= 0.6 is 0 Å². The lowest BCUT2D eigenvalue weighted by Gasteiger charge is -2.42. The Labute approximate surface area is 141 Å². The van der Waals surface area contributed by atoms with Crippen LogP contribution in [0, 0.1) is 5.92 Å². The average molecular weight is 322 g/mol. The Balaban J connectivity index is 1.35. The minimum Gasteiger partial charge on any atom is -0.340 e. The van der Waals surface area contributed by atoms with Gasteiger partial charge in [-0.1, -0.05) is 0 Å². The smallest absolute Gasteiger partial charge is 0.222 e. The number of rotatable bonds is 4. The first-order chi connectivity index (χ1) is 11.2. The van der Waals surface area contributed by atoms with Crippen LogP contribution in [0.4, 0.5) is 0 Å². The molecule has 0 aliphatic carbocycles. The third-order valence-corrected chi connectivity index (χ3v) is 6.10. The number of piperazine rings is 1. The molecule has 3 saturated heterocycles. The molecule has 3 fully saturated rings. The van der Waals surface area contributed by atoms with Gasteiger partial charge in [0, 0.05) is 38.6 Å². The molecule has 0 aromatic carbocycles. The number of hydrogen-bond donors (Lipinski definition) is 1. The Morgan fingerprint density at radius 3 is 2.26 bits per heavy atom. The number of hydrogen-bond acceptors (Lipinski definition) is 4. The number of nitrogens with zero attached hydrogens (tertiary/aromatic N) is 3. The molecule has 0 aromatic rings. The summed E-state index contributed by atoms with van der Waals surface area (Å²) in [4.78, 5) is 19.6. The highest BCUT2D eigenvalue weighted by Gasteiger charge is 2.28. The van der Waals surface area contributed by atoms with Gasteiger partial charge in [0.05, 0.1) is 0 Å². The molecule has 0 saturated carbocycles. The van der Waals surface area contributed by atoms with Crippen LogP contribution in [0.3, 0.4) is 0 Å². The first-order valence-electron chi connectivity index (χ1n) is 9.63. The molecule has 0 radical (unpaired) electrons. The van der Waals surface area contributed by atoms with E-state index in [1.165, 1.54) is 38.8 Å². The topological polar surface area (TPSA) is 38.8 Å². The van der Waals surface area contributed by atoms with E-state index in [1.54, 1.807) is 0 Å². The maximum atomic E-state index is 12.5. The normalized spacial score (nSPS) is 26.6. The number of nitrogens with one attached hydrogen (secondary N) is 1. The molecule has 0 atom stereocenters. The van der Waals surface area contributed by atoms with Gasteiger partial charge in [0.2, 0.25) is 5.91 Å². The highest BCUT2D eigenvalue weighted by atomic mass is 16.2. The molecule has 132 valence electrons. The highest BCUT2D eigenvalue weighted by molar-refractivity contribution is 5.76. The average Bonchev–Trinajstić information content (AvgIpc) is 2.61. The maximum Gasteiger partial charge on any atom is 0.222 e. The number of likely N-dealkylation sites (tertiary alicyclic amines) is 1. The van der Waals surface area contributed by atoms with Crippen molar-refractivity contribution in [3.05, 3.63) is 0 Å². The minimum absolute atomic E-state index is 0.395. The zero-order chi connectivity index (χ0) is 16.1. The van der Waals surface area contributed by atoms with Crippen LogP contribution in [0.5, 0.6) is 0 Å². The van der Waals surface area contributed by atoms with E-state index in [1.807, 2.05) is 0 Å². The summed E-state index contributed by atoms with van der Waals surface area (Å²) in [6, 6.07) is 0.748. The van der Waals surface area contributed by atoms with Crippen LogP contribution in [0.15, 0.2) is 0 Å². The van der Waals surface area contributed by atoms with Gasteiger partial charge in [-0.25, -0.2) is 0 Å². The molecule has 3 heterocycles. The summed E-state index contributed by atoms with van der Waals surface area (Å²) in [6.07, 6.45) is 6.93.